The van der Waals surface area contributed by atoms with Gasteiger partial charge in [0, 0.05) is 18.0 Å². The Morgan fingerprint density at radius 2 is 1.41 bits per heavy atom. The van der Waals surface area contributed by atoms with E-state index in [1.54, 1.807) is 6.20 Å². The summed E-state index contributed by atoms with van der Waals surface area (Å²) < 4.78 is 8.41. The van der Waals surface area contributed by atoms with E-state index in [1.807, 2.05) is 36.8 Å². The van der Waals surface area contributed by atoms with E-state index in [4.69, 9.17) is 9.73 Å². The summed E-state index contributed by atoms with van der Waals surface area (Å²) in [5.41, 5.74) is 4.52. The van der Waals surface area contributed by atoms with Gasteiger partial charge in [0.25, 0.3) is 0 Å². The van der Waals surface area contributed by atoms with Crippen LogP contribution in [0.5, 0.6) is 0 Å². The molecule has 0 fully saturated rings. The minimum absolute atomic E-state index is 0.00426. The fraction of sp³-hybridized carbons (Fsp3) is 0.120. The highest BCUT2D eigenvalue weighted by molar-refractivity contribution is 5.96. The summed E-state index contributed by atoms with van der Waals surface area (Å²) in [6.45, 7) is 0.727. The van der Waals surface area contributed by atoms with Crippen LogP contribution in [0.25, 0.3) is 11.1 Å². The normalized spacial score (nSPS) is 18.3. The molecule has 2 atom stereocenters. The lowest BCUT2D eigenvalue weighted by molar-refractivity contribution is 0.187. The molecule has 1 aliphatic heterocycles. The topological polar surface area (TPSA) is 39.4 Å². The number of nitrogens with zero attached hydrogens (tertiary/aromatic N) is 3. The molecule has 0 bridgehead atoms. The Balaban J connectivity index is 1.43. The van der Waals surface area contributed by atoms with Gasteiger partial charge in [-0.2, -0.15) is 0 Å². The molecule has 0 radical (unpaired) electrons. The molecular formula is C25H21N3O. The number of imidazole rings is 1. The number of hydrogen-bond acceptors (Lipinski definition) is 3. The second-order valence-electron chi connectivity index (χ2n) is 7.15. The maximum Gasteiger partial charge on any atom is 0.217 e. The minimum Gasteiger partial charge on any atom is -0.467 e. The molecule has 1 aromatic heterocycles. The zero-order valence-electron chi connectivity index (χ0n) is 15.9. The summed E-state index contributed by atoms with van der Waals surface area (Å²) >= 11 is 0. The highest BCUT2D eigenvalue weighted by Gasteiger charge is 2.33. The predicted octanol–water partition coefficient (Wildman–Crippen LogP) is 5.14. The van der Waals surface area contributed by atoms with Gasteiger partial charge in [0.15, 0.2) is 0 Å². The third-order valence-electron chi connectivity index (χ3n) is 5.20. The summed E-state index contributed by atoms with van der Waals surface area (Å²) in [6.07, 6.45) is 5.47. The van der Waals surface area contributed by atoms with Crippen LogP contribution in [0, 0.1) is 0 Å². The van der Waals surface area contributed by atoms with Crippen LogP contribution in [-0.4, -0.2) is 21.5 Å². The second-order valence-corrected chi connectivity index (χ2v) is 7.15. The molecule has 0 amide bonds. The molecule has 2 unspecified atom stereocenters. The van der Waals surface area contributed by atoms with Crippen molar-refractivity contribution in [3.8, 4) is 11.1 Å². The van der Waals surface area contributed by atoms with Crippen molar-refractivity contribution in [3.63, 3.8) is 0 Å². The van der Waals surface area contributed by atoms with Gasteiger partial charge in [-0.15, -0.1) is 0 Å². The summed E-state index contributed by atoms with van der Waals surface area (Å²) in [5, 5.41) is 0. The highest BCUT2D eigenvalue weighted by atomic mass is 16.5. The number of ether oxygens (including phenoxy) is 1. The van der Waals surface area contributed by atoms with Gasteiger partial charge in [0.1, 0.15) is 12.1 Å². The van der Waals surface area contributed by atoms with Crippen molar-refractivity contribution in [3.05, 3.63) is 115 Å². The first-order valence-electron chi connectivity index (χ1n) is 9.78. The average molecular weight is 379 g/mol. The van der Waals surface area contributed by atoms with Crippen LogP contribution in [-0.2, 0) is 11.3 Å². The molecule has 0 aliphatic carbocycles. The van der Waals surface area contributed by atoms with Gasteiger partial charge in [0.05, 0.1) is 12.9 Å². The zero-order chi connectivity index (χ0) is 19.5. The second kappa shape index (κ2) is 7.76. The molecule has 4 aromatic rings. The molecule has 0 N–H and O–H groups in total. The summed E-state index contributed by atoms with van der Waals surface area (Å²) in [6, 6.07) is 29.1. The van der Waals surface area contributed by atoms with Crippen LogP contribution in [0.15, 0.2) is 109 Å². The van der Waals surface area contributed by atoms with Crippen LogP contribution >= 0.6 is 0 Å². The fourth-order valence-electron chi connectivity index (χ4n) is 3.71. The number of aliphatic imine (C=N–C) groups is 1. The lowest BCUT2D eigenvalue weighted by atomic mass is 10.0. The Morgan fingerprint density at radius 1 is 0.759 bits per heavy atom. The Labute approximate surface area is 170 Å². The van der Waals surface area contributed by atoms with Crippen LogP contribution in [0.4, 0.5) is 0 Å². The first-order chi connectivity index (χ1) is 14.4. The Bertz CT molecular complexity index is 1090. The van der Waals surface area contributed by atoms with Crippen molar-refractivity contribution >= 4 is 5.90 Å². The Kier molecular flexibility index (Phi) is 4.67. The quantitative estimate of drug-likeness (QED) is 0.482. The molecule has 0 saturated heterocycles. The lowest BCUT2D eigenvalue weighted by Crippen LogP contribution is -2.19. The maximum atomic E-state index is 6.36. The molecule has 29 heavy (non-hydrogen) atoms. The van der Waals surface area contributed by atoms with Crippen LogP contribution in [0.1, 0.15) is 17.2 Å². The molecule has 0 spiro atoms. The molecule has 3 aromatic carbocycles. The van der Waals surface area contributed by atoms with Gasteiger partial charge in [-0.1, -0.05) is 72.8 Å². The van der Waals surface area contributed by atoms with E-state index in [2.05, 4.69) is 70.2 Å². The van der Waals surface area contributed by atoms with Gasteiger partial charge < -0.3 is 9.30 Å². The molecule has 0 saturated carbocycles. The molecular weight excluding hydrogens is 358 g/mol. The summed E-state index contributed by atoms with van der Waals surface area (Å²) in [5.74, 6) is 0.698. The summed E-state index contributed by atoms with van der Waals surface area (Å²) in [7, 11) is 0. The van der Waals surface area contributed by atoms with E-state index in [1.165, 1.54) is 11.1 Å². The van der Waals surface area contributed by atoms with E-state index < -0.39 is 0 Å². The number of hydrogen-bond donors (Lipinski definition) is 0. The predicted molar refractivity (Wildman–Crippen MR) is 115 cm³/mol. The number of rotatable bonds is 5. The third kappa shape index (κ3) is 3.69. The molecule has 4 heteroatoms. The fourth-order valence-corrected chi connectivity index (χ4v) is 3.71. The smallest absolute Gasteiger partial charge is 0.217 e. The molecule has 2 heterocycles. The van der Waals surface area contributed by atoms with Gasteiger partial charge in [0.2, 0.25) is 5.90 Å². The monoisotopic (exact) mass is 379 g/mol. The van der Waals surface area contributed by atoms with Crippen LogP contribution in [0.2, 0.25) is 0 Å². The van der Waals surface area contributed by atoms with Crippen LogP contribution < -0.4 is 0 Å². The lowest BCUT2D eigenvalue weighted by Gasteiger charge is -2.18. The van der Waals surface area contributed by atoms with Gasteiger partial charge in [-0.25, -0.2) is 9.98 Å². The van der Waals surface area contributed by atoms with Gasteiger partial charge in [-0.05, 0) is 28.8 Å². The van der Waals surface area contributed by atoms with E-state index in [0.717, 1.165) is 17.7 Å². The number of aromatic nitrogens is 2. The van der Waals surface area contributed by atoms with Crippen LogP contribution in [0.3, 0.4) is 0 Å². The largest absolute Gasteiger partial charge is 0.467 e. The third-order valence-corrected chi connectivity index (χ3v) is 5.20. The SMILES string of the molecule is c1ccc(-c2ccc(C3=NC(Cn4ccnc4)C(c4ccccc4)O3)cc2)cc1. The van der Waals surface area contributed by atoms with Crippen molar-refractivity contribution in [2.24, 2.45) is 4.99 Å². The van der Waals surface area contributed by atoms with Crippen molar-refractivity contribution in [1.82, 2.24) is 9.55 Å². The number of benzene rings is 3. The molecule has 1 aliphatic rings. The highest BCUT2D eigenvalue weighted by Crippen LogP contribution is 2.32. The average Bonchev–Trinajstić information content (AvgIpc) is 3.46. The van der Waals surface area contributed by atoms with E-state index in [9.17, 15) is 0 Å². The van der Waals surface area contributed by atoms with Gasteiger partial charge >= 0.3 is 0 Å². The molecule has 142 valence electrons. The van der Waals surface area contributed by atoms with Crippen molar-refractivity contribution in [2.45, 2.75) is 18.7 Å². The zero-order valence-corrected chi connectivity index (χ0v) is 15.9. The van der Waals surface area contributed by atoms with E-state index >= 15 is 0 Å². The van der Waals surface area contributed by atoms with E-state index in [-0.39, 0.29) is 12.1 Å². The standard InChI is InChI=1S/C25H21N3O/c1-3-7-19(8-4-1)20-11-13-22(14-12-20)25-27-23(17-28-16-15-26-18-28)24(29-25)21-9-5-2-6-10-21/h1-16,18,23-24H,17H2. The Hall–Kier alpha value is -3.66. The summed E-state index contributed by atoms with van der Waals surface area (Å²) in [4.78, 5) is 9.09. The van der Waals surface area contributed by atoms with Crippen molar-refractivity contribution in [1.29, 1.82) is 0 Å². The molecule has 4 nitrogen and oxygen atoms in total. The van der Waals surface area contributed by atoms with E-state index in [0.29, 0.717) is 5.90 Å². The van der Waals surface area contributed by atoms with Crippen molar-refractivity contribution < 1.29 is 4.74 Å². The first kappa shape index (κ1) is 17.4. The minimum atomic E-state index is -0.109. The first-order valence-corrected chi connectivity index (χ1v) is 9.78. The van der Waals surface area contributed by atoms with Gasteiger partial charge in [-0.3, -0.25) is 0 Å². The molecule has 5 rings (SSSR count). The maximum absolute atomic E-state index is 6.36. The Morgan fingerprint density at radius 3 is 2.10 bits per heavy atom. The van der Waals surface area contributed by atoms with Crippen molar-refractivity contribution in [2.75, 3.05) is 0 Å².